The zero-order valence-corrected chi connectivity index (χ0v) is 15.0. The summed E-state index contributed by atoms with van der Waals surface area (Å²) in [5.41, 5.74) is 1.89. The first-order valence-electron chi connectivity index (χ1n) is 8.01. The quantitative estimate of drug-likeness (QED) is 0.744. The van der Waals surface area contributed by atoms with E-state index in [-0.39, 0.29) is 36.6 Å². The Balaban J connectivity index is 0.00000288. The Morgan fingerprint density at radius 2 is 2.21 bits per heavy atom. The number of likely N-dealkylation sites (tertiary alicyclic amines) is 1. The summed E-state index contributed by atoms with van der Waals surface area (Å²) in [6, 6.07) is 7.77. The number of carbonyl (C=O) groups is 2. The van der Waals surface area contributed by atoms with Crippen molar-refractivity contribution in [2.24, 2.45) is 5.92 Å². The van der Waals surface area contributed by atoms with Crippen LogP contribution in [0.2, 0.25) is 0 Å². The van der Waals surface area contributed by atoms with Crippen LogP contribution in [-0.4, -0.2) is 50.1 Å². The number of nitrogens with zero attached hydrogens (tertiary/aromatic N) is 1. The van der Waals surface area contributed by atoms with E-state index in [1.807, 2.05) is 24.3 Å². The fraction of sp³-hybridized carbons (Fsp3) is 0.529. The van der Waals surface area contributed by atoms with Crippen molar-refractivity contribution in [1.29, 1.82) is 0 Å². The standard InChI is InChI=1S/C17H25N3O3.ClH/c1-3-18-11-13-5-4-6-15(9-13)19-17(22)14-10-16(21)20(12-14)7-8-23-2;/h4-6,9,14,18H,3,7-8,10-12H2,1-2H3,(H,19,22);1H. The van der Waals surface area contributed by atoms with Crippen LogP contribution in [0.5, 0.6) is 0 Å². The molecule has 2 N–H and O–H groups in total. The van der Waals surface area contributed by atoms with E-state index < -0.39 is 0 Å². The molecule has 1 aliphatic heterocycles. The normalized spacial score (nSPS) is 16.8. The predicted octanol–water partition coefficient (Wildman–Crippen LogP) is 1.65. The molecule has 0 aliphatic carbocycles. The molecule has 1 fully saturated rings. The average molecular weight is 356 g/mol. The molecule has 134 valence electrons. The molecule has 0 saturated carbocycles. The second-order valence-corrected chi connectivity index (χ2v) is 5.70. The zero-order chi connectivity index (χ0) is 16.7. The monoisotopic (exact) mass is 355 g/mol. The fourth-order valence-electron chi connectivity index (χ4n) is 2.64. The maximum absolute atomic E-state index is 12.4. The van der Waals surface area contributed by atoms with Crippen molar-refractivity contribution in [3.05, 3.63) is 29.8 Å². The Hall–Kier alpha value is -1.63. The highest BCUT2D eigenvalue weighted by atomic mass is 35.5. The van der Waals surface area contributed by atoms with Gasteiger partial charge in [0.25, 0.3) is 0 Å². The molecule has 0 spiro atoms. The lowest BCUT2D eigenvalue weighted by atomic mass is 10.1. The predicted molar refractivity (Wildman–Crippen MR) is 96.3 cm³/mol. The number of hydrogen-bond acceptors (Lipinski definition) is 4. The zero-order valence-electron chi connectivity index (χ0n) is 14.2. The molecule has 1 aromatic rings. The molecule has 1 aliphatic rings. The molecule has 1 saturated heterocycles. The molecule has 1 unspecified atom stereocenters. The number of anilines is 1. The van der Waals surface area contributed by atoms with Gasteiger partial charge in [0.2, 0.25) is 11.8 Å². The van der Waals surface area contributed by atoms with Gasteiger partial charge in [0, 0.05) is 38.9 Å². The van der Waals surface area contributed by atoms with Gasteiger partial charge < -0.3 is 20.3 Å². The number of methoxy groups -OCH3 is 1. The van der Waals surface area contributed by atoms with Gasteiger partial charge in [-0.15, -0.1) is 12.4 Å². The first kappa shape index (κ1) is 20.4. The lowest BCUT2D eigenvalue weighted by molar-refractivity contribution is -0.128. The SMILES string of the molecule is CCNCc1cccc(NC(=O)C2CC(=O)N(CCOC)C2)c1.Cl. The number of amides is 2. The summed E-state index contributed by atoms with van der Waals surface area (Å²) in [4.78, 5) is 26.0. The molecule has 1 atom stereocenters. The van der Waals surface area contributed by atoms with Gasteiger partial charge >= 0.3 is 0 Å². The van der Waals surface area contributed by atoms with Crippen LogP contribution in [0.1, 0.15) is 18.9 Å². The number of ether oxygens (including phenoxy) is 1. The van der Waals surface area contributed by atoms with E-state index in [4.69, 9.17) is 4.74 Å². The third-order valence-electron chi connectivity index (χ3n) is 3.92. The molecule has 1 heterocycles. The Kier molecular flexibility index (Phi) is 8.74. The highest BCUT2D eigenvalue weighted by molar-refractivity contribution is 5.97. The van der Waals surface area contributed by atoms with Gasteiger partial charge in [0.15, 0.2) is 0 Å². The van der Waals surface area contributed by atoms with Gasteiger partial charge in [0.05, 0.1) is 12.5 Å². The molecule has 1 aromatic carbocycles. The third kappa shape index (κ3) is 5.78. The van der Waals surface area contributed by atoms with E-state index in [1.165, 1.54) is 0 Å². The van der Waals surface area contributed by atoms with E-state index in [9.17, 15) is 9.59 Å². The summed E-state index contributed by atoms with van der Waals surface area (Å²) in [5.74, 6) is -0.376. The summed E-state index contributed by atoms with van der Waals surface area (Å²) in [6.07, 6.45) is 0.270. The molecule has 0 radical (unpaired) electrons. The Labute approximate surface area is 149 Å². The molecule has 0 bridgehead atoms. The van der Waals surface area contributed by atoms with Crippen molar-refractivity contribution in [1.82, 2.24) is 10.2 Å². The van der Waals surface area contributed by atoms with Gasteiger partial charge in [-0.3, -0.25) is 9.59 Å². The van der Waals surface area contributed by atoms with Gasteiger partial charge in [-0.25, -0.2) is 0 Å². The highest BCUT2D eigenvalue weighted by Gasteiger charge is 2.33. The Morgan fingerprint density at radius 1 is 1.42 bits per heavy atom. The Morgan fingerprint density at radius 3 is 2.92 bits per heavy atom. The van der Waals surface area contributed by atoms with E-state index >= 15 is 0 Å². The molecule has 6 nitrogen and oxygen atoms in total. The minimum absolute atomic E-state index is 0. The van der Waals surface area contributed by atoms with Crippen LogP contribution in [0.4, 0.5) is 5.69 Å². The van der Waals surface area contributed by atoms with Gasteiger partial charge in [-0.1, -0.05) is 19.1 Å². The number of carbonyl (C=O) groups excluding carboxylic acids is 2. The van der Waals surface area contributed by atoms with Crippen molar-refractivity contribution in [3.8, 4) is 0 Å². The van der Waals surface area contributed by atoms with Crippen molar-refractivity contribution >= 4 is 29.9 Å². The first-order chi connectivity index (χ1) is 11.1. The lowest BCUT2D eigenvalue weighted by Gasteiger charge is -2.16. The molecule has 0 aromatic heterocycles. The topological polar surface area (TPSA) is 70.7 Å². The van der Waals surface area contributed by atoms with Crippen molar-refractivity contribution in [2.45, 2.75) is 19.9 Å². The molecule has 2 amide bonds. The fourth-order valence-corrected chi connectivity index (χ4v) is 2.64. The maximum atomic E-state index is 12.4. The molecule has 2 rings (SSSR count). The smallest absolute Gasteiger partial charge is 0.229 e. The van der Waals surface area contributed by atoms with Crippen molar-refractivity contribution < 1.29 is 14.3 Å². The van der Waals surface area contributed by atoms with Crippen LogP contribution in [0, 0.1) is 5.92 Å². The number of nitrogens with one attached hydrogen (secondary N) is 2. The second-order valence-electron chi connectivity index (χ2n) is 5.70. The number of hydrogen-bond donors (Lipinski definition) is 2. The van der Waals surface area contributed by atoms with Crippen LogP contribution in [0.15, 0.2) is 24.3 Å². The van der Waals surface area contributed by atoms with Gasteiger partial charge in [-0.05, 0) is 24.2 Å². The number of benzene rings is 1. The first-order valence-corrected chi connectivity index (χ1v) is 8.01. The third-order valence-corrected chi connectivity index (χ3v) is 3.92. The summed E-state index contributed by atoms with van der Waals surface area (Å²) in [7, 11) is 1.60. The Bertz CT molecular complexity index is 554. The van der Waals surface area contributed by atoms with E-state index in [0.717, 1.165) is 24.3 Å². The van der Waals surface area contributed by atoms with Gasteiger partial charge in [0.1, 0.15) is 0 Å². The molecular weight excluding hydrogens is 330 g/mol. The molecular formula is C17H26ClN3O3. The van der Waals surface area contributed by atoms with Crippen LogP contribution < -0.4 is 10.6 Å². The second kappa shape index (κ2) is 10.3. The number of halogens is 1. The highest BCUT2D eigenvalue weighted by Crippen LogP contribution is 2.20. The summed E-state index contributed by atoms with van der Waals surface area (Å²) in [6.45, 7) is 5.22. The maximum Gasteiger partial charge on any atom is 0.229 e. The van der Waals surface area contributed by atoms with E-state index in [1.54, 1.807) is 12.0 Å². The summed E-state index contributed by atoms with van der Waals surface area (Å²) < 4.78 is 4.99. The van der Waals surface area contributed by atoms with E-state index in [2.05, 4.69) is 17.6 Å². The van der Waals surface area contributed by atoms with Crippen LogP contribution in [0.3, 0.4) is 0 Å². The van der Waals surface area contributed by atoms with Crippen molar-refractivity contribution in [2.75, 3.05) is 38.7 Å². The lowest BCUT2D eigenvalue weighted by Crippen LogP contribution is -2.30. The van der Waals surface area contributed by atoms with Crippen molar-refractivity contribution in [3.63, 3.8) is 0 Å². The summed E-state index contributed by atoms with van der Waals surface area (Å²) in [5, 5.41) is 6.18. The molecule has 7 heteroatoms. The number of rotatable bonds is 8. The minimum atomic E-state index is -0.295. The summed E-state index contributed by atoms with van der Waals surface area (Å²) >= 11 is 0. The minimum Gasteiger partial charge on any atom is -0.383 e. The van der Waals surface area contributed by atoms with Gasteiger partial charge in [-0.2, -0.15) is 0 Å². The average Bonchev–Trinajstić information content (AvgIpc) is 2.92. The van der Waals surface area contributed by atoms with Crippen LogP contribution in [0.25, 0.3) is 0 Å². The van der Waals surface area contributed by atoms with Crippen LogP contribution in [-0.2, 0) is 20.9 Å². The van der Waals surface area contributed by atoms with Crippen LogP contribution >= 0.6 is 12.4 Å². The molecule has 24 heavy (non-hydrogen) atoms. The largest absolute Gasteiger partial charge is 0.383 e. The van der Waals surface area contributed by atoms with E-state index in [0.29, 0.717) is 19.7 Å².